The lowest BCUT2D eigenvalue weighted by Crippen LogP contribution is -2.21. The van der Waals surface area contributed by atoms with Gasteiger partial charge in [0.25, 0.3) is 0 Å². The Hall–Kier alpha value is -1.76. The quantitative estimate of drug-likeness (QED) is 0.867. The van der Waals surface area contributed by atoms with E-state index in [1.54, 1.807) is 12.1 Å². The number of alkyl halides is 3. The maximum absolute atomic E-state index is 13.2. The third kappa shape index (κ3) is 2.70. The van der Waals surface area contributed by atoms with Gasteiger partial charge in [-0.05, 0) is 44.1 Å². The Morgan fingerprint density at radius 1 is 1.38 bits per heavy atom. The molecule has 2 aromatic rings. The number of nitrogen functional groups attached to an aromatic ring is 1. The Morgan fingerprint density at radius 3 is 2.76 bits per heavy atom. The molecule has 0 aliphatic carbocycles. The Morgan fingerprint density at radius 2 is 2.14 bits per heavy atom. The molecule has 1 aliphatic rings. The van der Waals surface area contributed by atoms with Gasteiger partial charge in [-0.2, -0.15) is 13.2 Å². The van der Waals surface area contributed by atoms with Crippen LogP contribution in [0.15, 0.2) is 18.2 Å². The second-order valence-corrected chi connectivity index (χ2v) is 5.71. The molecule has 1 fully saturated rings. The van der Waals surface area contributed by atoms with E-state index in [1.807, 2.05) is 7.05 Å². The molecular formula is C14H17F3N4. The van der Waals surface area contributed by atoms with Crippen LogP contribution in [0.5, 0.6) is 0 Å². The Kier molecular flexibility index (Phi) is 3.32. The van der Waals surface area contributed by atoms with Crippen LogP contribution >= 0.6 is 0 Å². The van der Waals surface area contributed by atoms with E-state index in [2.05, 4.69) is 9.88 Å². The van der Waals surface area contributed by atoms with Crippen LogP contribution in [0.25, 0.3) is 11.0 Å². The molecule has 0 spiro atoms. The van der Waals surface area contributed by atoms with Crippen molar-refractivity contribution >= 4 is 16.7 Å². The fourth-order valence-corrected chi connectivity index (χ4v) is 2.98. The Labute approximate surface area is 120 Å². The highest BCUT2D eigenvalue weighted by Crippen LogP contribution is 2.33. The van der Waals surface area contributed by atoms with Gasteiger partial charge in [0.15, 0.2) is 0 Å². The monoisotopic (exact) mass is 298 g/mol. The van der Waals surface area contributed by atoms with Gasteiger partial charge in [0.1, 0.15) is 0 Å². The van der Waals surface area contributed by atoms with Crippen LogP contribution in [-0.2, 0) is 12.7 Å². The van der Waals surface area contributed by atoms with E-state index < -0.39 is 12.0 Å². The summed E-state index contributed by atoms with van der Waals surface area (Å²) in [6.45, 7) is 2.07. The summed E-state index contributed by atoms with van der Waals surface area (Å²) in [5.41, 5.74) is 6.85. The molecule has 2 N–H and O–H groups in total. The van der Waals surface area contributed by atoms with Crippen molar-refractivity contribution in [1.82, 2.24) is 14.5 Å². The first-order valence-electron chi connectivity index (χ1n) is 6.86. The topological polar surface area (TPSA) is 47.1 Å². The van der Waals surface area contributed by atoms with Crippen molar-refractivity contribution in [2.45, 2.75) is 19.1 Å². The molecular weight excluding hydrogens is 281 g/mol. The molecule has 1 saturated heterocycles. The van der Waals surface area contributed by atoms with Gasteiger partial charge in [-0.3, -0.25) is 0 Å². The van der Waals surface area contributed by atoms with Crippen LogP contribution in [0.1, 0.15) is 12.2 Å². The van der Waals surface area contributed by atoms with E-state index in [0.717, 1.165) is 19.5 Å². The summed E-state index contributed by atoms with van der Waals surface area (Å²) < 4.78 is 40.9. The molecule has 1 unspecified atom stereocenters. The molecule has 3 rings (SSSR count). The van der Waals surface area contributed by atoms with Gasteiger partial charge in [-0.25, -0.2) is 4.98 Å². The number of nitrogens with two attached hydrogens (primary N) is 1. The number of fused-ring (bicyclic) bond motifs is 1. The largest absolute Gasteiger partial charge is 0.449 e. The predicted molar refractivity (Wildman–Crippen MR) is 74.8 cm³/mol. The minimum absolute atomic E-state index is 0.214. The molecule has 1 aromatic carbocycles. The van der Waals surface area contributed by atoms with Gasteiger partial charge in [0.2, 0.25) is 5.82 Å². The van der Waals surface area contributed by atoms with Crippen molar-refractivity contribution in [2.75, 3.05) is 25.9 Å². The van der Waals surface area contributed by atoms with Crippen LogP contribution in [0.3, 0.4) is 0 Å². The molecule has 21 heavy (non-hydrogen) atoms. The SMILES string of the molecule is CN1CCC(Cn2c(C(F)(F)F)nc3cc(N)ccc32)C1. The Balaban J connectivity index is 2.05. The number of hydrogen-bond donors (Lipinski definition) is 1. The lowest BCUT2D eigenvalue weighted by molar-refractivity contribution is -0.147. The summed E-state index contributed by atoms with van der Waals surface area (Å²) in [5, 5.41) is 0. The van der Waals surface area contributed by atoms with E-state index in [4.69, 9.17) is 5.73 Å². The third-order valence-electron chi connectivity index (χ3n) is 3.96. The van der Waals surface area contributed by atoms with Gasteiger partial charge < -0.3 is 15.2 Å². The molecule has 0 radical (unpaired) electrons. The summed E-state index contributed by atoms with van der Waals surface area (Å²) in [5.74, 6) is -0.622. The van der Waals surface area contributed by atoms with Gasteiger partial charge in [-0.1, -0.05) is 0 Å². The zero-order valence-corrected chi connectivity index (χ0v) is 11.7. The number of anilines is 1. The normalized spacial score (nSPS) is 20.5. The summed E-state index contributed by atoms with van der Waals surface area (Å²) in [6.07, 6.45) is -3.55. The van der Waals surface area contributed by atoms with Gasteiger partial charge >= 0.3 is 6.18 Å². The number of halogens is 3. The van der Waals surface area contributed by atoms with Crippen LogP contribution in [0, 0.1) is 5.92 Å². The maximum Gasteiger partial charge on any atom is 0.449 e. The van der Waals surface area contributed by atoms with Crippen LogP contribution in [0.2, 0.25) is 0 Å². The van der Waals surface area contributed by atoms with Gasteiger partial charge in [0.05, 0.1) is 11.0 Å². The van der Waals surface area contributed by atoms with E-state index >= 15 is 0 Å². The number of imidazole rings is 1. The molecule has 114 valence electrons. The zero-order chi connectivity index (χ0) is 15.2. The highest BCUT2D eigenvalue weighted by Gasteiger charge is 2.38. The molecule has 1 aromatic heterocycles. The summed E-state index contributed by atoms with van der Waals surface area (Å²) in [7, 11) is 1.98. The first-order chi connectivity index (χ1) is 9.84. The van der Waals surface area contributed by atoms with Crippen molar-refractivity contribution < 1.29 is 13.2 Å². The van der Waals surface area contributed by atoms with Crippen molar-refractivity contribution in [2.24, 2.45) is 5.92 Å². The lowest BCUT2D eigenvalue weighted by atomic mass is 10.1. The number of aromatic nitrogens is 2. The molecule has 0 saturated carbocycles. The van der Waals surface area contributed by atoms with Crippen LogP contribution in [0.4, 0.5) is 18.9 Å². The minimum atomic E-state index is -4.46. The predicted octanol–water partition coefficient (Wildman–Crippen LogP) is 2.59. The minimum Gasteiger partial charge on any atom is -0.399 e. The summed E-state index contributed by atoms with van der Waals surface area (Å²) in [4.78, 5) is 5.88. The van der Waals surface area contributed by atoms with E-state index in [1.165, 1.54) is 10.6 Å². The number of hydrogen-bond acceptors (Lipinski definition) is 3. The molecule has 1 aliphatic heterocycles. The molecule has 7 heteroatoms. The molecule has 0 amide bonds. The molecule has 4 nitrogen and oxygen atoms in total. The molecule has 2 heterocycles. The van der Waals surface area contributed by atoms with Crippen molar-refractivity contribution in [3.63, 3.8) is 0 Å². The van der Waals surface area contributed by atoms with Crippen LogP contribution in [-0.4, -0.2) is 34.6 Å². The molecule has 0 bridgehead atoms. The van der Waals surface area contributed by atoms with E-state index in [0.29, 0.717) is 23.3 Å². The average Bonchev–Trinajstić information content (AvgIpc) is 2.93. The molecule has 1 atom stereocenters. The van der Waals surface area contributed by atoms with Gasteiger partial charge in [-0.15, -0.1) is 0 Å². The number of nitrogens with zero attached hydrogens (tertiary/aromatic N) is 3. The van der Waals surface area contributed by atoms with Gasteiger partial charge in [0, 0.05) is 18.8 Å². The average molecular weight is 298 g/mol. The summed E-state index contributed by atoms with van der Waals surface area (Å²) >= 11 is 0. The lowest BCUT2D eigenvalue weighted by Gasteiger charge is -2.16. The van der Waals surface area contributed by atoms with E-state index in [-0.39, 0.29) is 5.92 Å². The Bertz CT molecular complexity index is 662. The first kappa shape index (κ1) is 14.2. The smallest absolute Gasteiger partial charge is 0.399 e. The fraction of sp³-hybridized carbons (Fsp3) is 0.500. The van der Waals surface area contributed by atoms with E-state index in [9.17, 15) is 13.2 Å². The third-order valence-corrected chi connectivity index (χ3v) is 3.96. The first-order valence-corrected chi connectivity index (χ1v) is 6.86. The van der Waals surface area contributed by atoms with Crippen molar-refractivity contribution in [3.05, 3.63) is 24.0 Å². The fourth-order valence-electron chi connectivity index (χ4n) is 2.98. The standard InChI is InChI=1S/C14H17F3N4/c1-20-5-4-9(7-20)8-21-12-3-2-10(18)6-11(12)19-13(21)14(15,16)17/h2-3,6,9H,4-5,7-8,18H2,1H3. The number of benzene rings is 1. The maximum atomic E-state index is 13.2. The second-order valence-electron chi connectivity index (χ2n) is 5.71. The summed E-state index contributed by atoms with van der Waals surface area (Å²) in [6, 6.07) is 4.72. The van der Waals surface area contributed by atoms with Crippen LogP contribution < -0.4 is 5.73 Å². The number of rotatable bonds is 2. The van der Waals surface area contributed by atoms with Crippen molar-refractivity contribution in [1.29, 1.82) is 0 Å². The zero-order valence-electron chi connectivity index (χ0n) is 11.7. The van der Waals surface area contributed by atoms with Crippen molar-refractivity contribution in [3.8, 4) is 0 Å². The number of likely N-dealkylation sites (tertiary alicyclic amines) is 1. The second kappa shape index (κ2) is 4.91. The highest BCUT2D eigenvalue weighted by molar-refractivity contribution is 5.79. The highest BCUT2D eigenvalue weighted by atomic mass is 19.4.